The van der Waals surface area contributed by atoms with E-state index in [4.69, 9.17) is 9.47 Å². The average molecular weight is 346 g/mol. The maximum Gasteiger partial charge on any atom is 0.137 e. The summed E-state index contributed by atoms with van der Waals surface area (Å²) >= 11 is 0. The summed E-state index contributed by atoms with van der Waals surface area (Å²) in [5, 5.41) is 14.5. The Balaban J connectivity index is 1.44. The van der Waals surface area contributed by atoms with Crippen molar-refractivity contribution < 1.29 is 14.6 Å². The largest absolute Gasteiger partial charge is 0.494 e. The molecule has 136 valence electrons. The van der Waals surface area contributed by atoms with Crippen LogP contribution >= 0.6 is 0 Å². The maximum atomic E-state index is 10.3. The molecule has 2 atom stereocenters. The normalized spacial score (nSPS) is 19.0. The van der Waals surface area contributed by atoms with Gasteiger partial charge in [0, 0.05) is 12.6 Å². The van der Waals surface area contributed by atoms with E-state index in [0.29, 0.717) is 19.2 Å². The van der Waals surface area contributed by atoms with Gasteiger partial charge in [-0.25, -0.2) is 4.98 Å². The summed E-state index contributed by atoms with van der Waals surface area (Å²) in [5.41, 5.74) is 0. The zero-order chi connectivity index (χ0) is 17.5. The van der Waals surface area contributed by atoms with E-state index in [2.05, 4.69) is 15.0 Å². The van der Waals surface area contributed by atoms with Gasteiger partial charge in [0.2, 0.25) is 0 Å². The van der Waals surface area contributed by atoms with Crippen LogP contribution in [0.1, 0.15) is 19.8 Å². The van der Waals surface area contributed by atoms with E-state index in [-0.39, 0.29) is 6.61 Å². The van der Waals surface area contributed by atoms with E-state index in [1.807, 2.05) is 35.9 Å². The van der Waals surface area contributed by atoms with Crippen LogP contribution in [0.4, 0.5) is 0 Å². The zero-order valence-corrected chi connectivity index (χ0v) is 14.6. The predicted molar refractivity (Wildman–Crippen MR) is 93.7 cm³/mol. The smallest absolute Gasteiger partial charge is 0.137 e. The van der Waals surface area contributed by atoms with Gasteiger partial charge in [-0.05, 0) is 50.6 Å². The zero-order valence-electron chi connectivity index (χ0n) is 14.6. The quantitative estimate of drug-likeness (QED) is 0.743. The molecule has 0 amide bonds. The van der Waals surface area contributed by atoms with Gasteiger partial charge in [-0.3, -0.25) is 9.58 Å². The number of hydrogen-bond acceptors (Lipinski definition) is 6. The summed E-state index contributed by atoms with van der Waals surface area (Å²) < 4.78 is 13.0. The Labute approximate surface area is 148 Å². The Hall–Kier alpha value is -2.12. The lowest BCUT2D eigenvalue weighted by atomic mass is 10.2. The Morgan fingerprint density at radius 1 is 1.24 bits per heavy atom. The molecule has 1 aliphatic rings. The Morgan fingerprint density at radius 3 is 2.68 bits per heavy atom. The first kappa shape index (κ1) is 17.7. The second-order valence-corrected chi connectivity index (χ2v) is 6.28. The SMILES string of the molecule is CCOc1ccc(OC[C@H](O)CN2CCC[C@H]2Cn2cncn2)cc1. The average Bonchev–Trinajstić information content (AvgIpc) is 3.28. The number of benzene rings is 1. The van der Waals surface area contributed by atoms with Crippen LogP contribution in [-0.4, -0.2) is 63.2 Å². The van der Waals surface area contributed by atoms with Crippen LogP contribution < -0.4 is 9.47 Å². The molecule has 3 rings (SSSR count). The molecule has 0 aliphatic carbocycles. The van der Waals surface area contributed by atoms with Crippen LogP contribution in [0.2, 0.25) is 0 Å². The second kappa shape index (κ2) is 8.82. The topological polar surface area (TPSA) is 72.6 Å². The number of β-amino-alcohol motifs (C(OH)–C–C–N with tert-alkyl or cyclic N) is 1. The van der Waals surface area contributed by atoms with E-state index in [0.717, 1.165) is 37.4 Å². The van der Waals surface area contributed by atoms with Gasteiger partial charge < -0.3 is 14.6 Å². The highest BCUT2D eigenvalue weighted by Gasteiger charge is 2.26. The van der Waals surface area contributed by atoms with Crippen molar-refractivity contribution in [2.45, 2.75) is 38.5 Å². The minimum absolute atomic E-state index is 0.278. The molecule has 1 saturated heterocycles. The highest BCUT2D eigenvalue weighted by atomic mass is 16.5. The molecule has 0 saturated carbocycles. The summed E-state index contributed by atoms with van der Waals surface area (Å²) in [6.45, 7) is 5.29. The number of hydrogen-bond donors (Lipinski definition) is 1. The molecule has 0 spiro atoms. The Morgan fingerprint density at radius 2 is 2.00 bits per heavy atom. The van der Waals surface area contributed by atoms with Gasteiger partial charge in [0.1, 0.15) is 36.9 Å². The molecule has 1 aromatic heterocycles. The first-order chi connectivity index (χ1) is 12.2. The molecular formula is C18H26N4O3. The second-order valence-electron chi connectivity index (χ2n) is 6.28. The van der Waals surface area contributed by atoms with Gasteiger partial charge in [0.25, 0.3) is 0 Å². The van der Waals surface area contributed by atoms with Crippen LogP contribution in [-0.2, 0) is 6.54 Å². The summed E-state index contributed by atoms with van der Waals surface area (Å²) in [4.78, 5) is 6.30. The molecular weight excluding hydrogens is 320 g/mol. The van der Waals surface area contributed by atoms with Crippen LogP contribution in [0.15, 0.2) is 36.9 Å². The molecule has 0 unspecified atom stereocenters. The first-order valence-corrected chi connectivity index (χ1v) is 8.84. The van der Waals surface area contributed by atoms with Gasteiger partial charge in [0.05, 0.1) is 13.2 Å². The summed E-state index contributed by atoms with van der Waals surface area (Å²) in [7, 11) is 0. The van der Waals surface area contributed by atoms with E-state index in [1.54, 1.807) is 12.7 Å². The van der Waals surface area contributed by atoms with Crippen molar-refractivity contribution in [3.8, 4) is 11.5 Å². The van der Waals surface area contributed by atoms with Gasteiger partial charge in [-0.15, -0.1) is 0 Å². The fourth-order valence-electron chi connectivity index (χ4n) is 3.20. The van der Waals surface area contributed by atoms with Crippen molar-refractivity contribution in [1.29, 1.82) is 0 Å². The molecule has 2 aromatic rings. The van der Waals surface area contributed by atoms with Crippen LogP contribution in [0, 0.1) is 0 Å². The van der Waals surface area contributed by atoms with Gasteiger partial charge in [-0.2, -0.15) is 5.10 Å². The van der Waals surface area contributed by atoms with Crippen LogP contribution in [0.25, 0.3) is 0 Å². The minimum atomic E-state index is -0.525. The molecule has 1 N–H and O–H groups in total. The third-order valence-corrected chi connectivity index (χ3v) is 4.39. The molecule has 1 fully saturated rings. The lowest BCUT2D eigenvalue weighted by molar-refractivity contribution is 0.0609. The third kappa shape index (κ3) is 5.17. The summed E-state index contributed by atoms with van der Waals surface area (Å²) in [6, 6.07) is 7.86. The van der Waals surface area contributed by atoms with Gasteiger partial charge >= 0.3 is 0 Å². The fraction of sp³-hybridized carbons (Fsp3) is 0.556. The summed E-state index contributed by atoms with van der Waals surface area (Å²) in [5.74, 6) is 1.56. The lowest BCUT2D eigenvalue weighted by Crippen LogP contribution is -2.40. The van der Waals surface area contributed by atoms with E-state index in [9.17, 15) is 5.11 Å². The van der Waals surface area contributed by atoms with Crippen LogP contribution in [0.3, 0.4) is 0 Å². The van der Waals surface area contributed by atoms with Crippen molar-refractivity contribution in [2.24, 2.45) is 0 Å². The molecule has 25 heavy (non-hydrogen) atoms. The monoisotopic (exact) mass is 346 g/mol. The molecule has 7 nitrogen and oxygen atoms in total. The molecule has 7 heteroatoms. The Kier molecular flexibility index (Phi) is 6.25. The molecule has 0 bridgehead atoms. The van der Waals surface area contributed by atoms with Gasteiger partial charge in [0.15, 0.2) is 0 Å². The molecule has 0 radical (unpaired) electrons. The summed E-state index contributed by atoms with van der Waals surface area (Å²) in [6.07, 6.45) is 5.03. The molecule has 1 aromatic carbocycles. The van der Waals surface area contributed by atoms with E-state index < -0.39 is 6.10 Å². The standard InChI is InChI=1S/C18H26N4O3/c1-2-24-17-5-7-18(8-6-17)25-12-16(23)11-21-9-3-4-15(21)10-22-14-19-13-20-22/h5-8,13-16,23H,2-4,9-12H2,1H3/t15-,16+/m0/s1. The fourth-order valence-corrected chi connectivity index (χ4v) is 3.20. The van der Waals surface area contributed by atoms with Crippen molar-refractivity contribution in [2.75, 3.05) is 26.3 Å². The van der Waals surface area contributed by atoms with Crippen molar-refractivity contribution >= 4 is 0 Å². The number of rotatable bonds is 9. The number of likely N-dealkylation sites (tertiary alicyclic amines) is 1. The lowest BCUT2D eigenvalue weighted by Gasteiger charge is -2.26. The van der Waals surface area contributed by atoms with Crippen molar-refractivity contribution in [3.05, 3.63) is 36.9 Å². The molecule has 1 aliphatic heterocycles. The number of ether oxygens (including phenoxy) is 2. The number of nitrogens with zero attached hydrogens (tertiary/aromatic N) is 4. The van der Waals surface area contributed by atoms with Crippen molar-refractivity contribution in [1.82, 2.24) is 19.7 Å². The minimum Gasteiger partial charge on any atom is -0.494 e. The van der Waals surface area contributed by atoms with Crippen molar-refractivity contribution in [3.63, 3.8) is 0 Å². The molecule has 2 heterocycles. The Bertz CT molecular complexity index is 618. The third-order valence-electron chi connectivity index (χ3n) is 4.39. The highest BCUT2D eigenvalue weighted by molar-refractivity contribution is 5.31. The van der Waals surface area contributed by atoms with E-state index >= 15 is 0 Å². The van der Waals surface area contributed by atoms with E-state index in [1.165, 1.54) is 0 Å². The number of aliphatic hydroxyl groups excluding tert-OH is 1. The van der Waals surface area contributed by atoms with Crippen LogP contribution in [0.5, 0.6) is 11.5 Å². The van der Waals surface area contributed by atoms with Gasteiger partial charge in [-0.1, -0.05) is 0 Å². The predicted octanol–water partition coefficient (Wildman–Crippen LogP) is 1.58. The maximum absolute atomic E-state index is 10.3. The first-order valence-electron chi connectivity index (χ1n) is 8.84. The highest BCUT2D eigenvalue weighted by Crippen LogP contribution is 2.20. The number of aliphatic hydroxyl groups is 1. The number of aromatic nitrogens is 3.